The van der Waals surface area contributed by atoms with Crippen molar-refractivity contribution in [1.82, 2.24) is 9.97 Å². The topological polar surface area (TPSA) is 51.8 Å². The smallest absolute Gasteiger partial charge is 0.0794 e. The third-order valence-corrected chi connectivity index (χ3v) is 2.84. The van der Waals surface area contributed by atoms with Crippen LogP contribution in [0.4, 0.5) is 0 Å². The molecule has 4 heteroatoms. The maximum atomic E-state index is 6.04. The minimum Gasteiger partial charge on any atom is -0.324 e. The highest BCUT2D eigenvalue weighted by Crippen LogP contribution is 2.17. The summed E-state index contributed by atoms with van der Waals surface area (Å²) in [6, 6.07) is 3.94. The fourth-order valence-corrected chi connectivity index (χ4v) is 1.94. The number of aromatic nitrogens is 2. The van der Waals surface area contributed by atoms with Crippen molar-refractivity contribution in [3.8, 4) is 0 Å². The Morgan fingerprint density at radius 3 is 2.71 bits per heavy atom. The van der Waals surface area contributed by atoms with Crippen molar-refractivity contribution >= 4 is 11.3 Å². The summed E-state index contributed by atoms with van der Waals surface area (Å²) < 4.78 is 0. The van der Waals surface area contributed by atoms with Gasteiger partial charge in [-0.3, -0.25) is 9.97 Å². The number of hydrogen-bond acceptors (Lipinski definition) is 4. The Morgan fingerprint density at radius 2 is 2.07 bits per heavy atom. The molecular weight excluding hydrogens is 194 g/mol. The Hall–Kier alpha value is -1.26. The lowest BCUT2D eigenvalue weighted by molar-refractivity contribution is 0.727. The van der Waals surface area contributed by atoms with Gasteiger partial charge >= 0.3 is 0 Å². The van der Waals surface area contributed by atoms with E-state index in [-0.39, 0.29) is 6.04 Å². The molecule has 0 bridgehead atoms. The second-order valence-corrected chi connectivity index (χ2v) is 4.03. The van der Waals surface area contributed by atoms with E-state index in [1.165, 1.54) is 4.88 Å². The van der Waals surface area contributed by atoms with Crippen LogP contribution in [0.15, 0.2) is 36.2 Å². The molecular formula is C10H11N3S. The molecule has 2 aromatic rings. The van der Waals surface area contributed by atoms with Crippen LogP contribution in [0.25, 0.3) is 0 Å². The van der Waals surface area contributed by atoms with Crippen molar-refractivity contribution in [1.29, 1.82) is 0 Å². The van der Waals surface area contributed by atoms with Crippen molar-refractivity contribution in [2.75, 3.05) is 0 Å². The molecule has 14 heavy (non-hydrogen) atoms. The number of nitrogens with zero attached hydrogens (tertiary/aromatic N) is 2. The fraction of sp³-hybridized carbons (Fsp3) is 0.200. The first-order valence-corrected chi connectivity index (χ1v) is 5.27. The van der Waals surface area contributed by atoms with Crippen molar-refractivity contribution in [3.05, 3.63) is 46.7 Å². The van der Waals surface area contributed by atoms with Gasteiger partial charge in [0.2, 0.25) is 0 Å². The Kier molecular flexibility index (Phi) is 2.86. The second kappa shape index (κ2) is 4.30. The molecule has 72 valence electrons. The third kappa shape index (κ3) is 2.16. The highest BCUT2D eigenvalue weighted by atomic mass is 32.1. The lowest BCUT2D eigenvalue weighted by Gasteiger charge is -2.09. The molecule has 2 N–H and O–H groups in total. The van der Waals surface area contributed by atoms with Crippen LogP contribution in [0.2, 0.25) is 0 Å². The van der Waals surface area contributed by atoms with Gasteiger partial charge in [-0.15, -0.1) is 11.3 Å². The van der Waals surface area contributed by atoms with Crippen LogP contribution in [-0.2, 0) is 6.42 Å². The van der Waals surface area contributed by atoms with E-state index in [0.717, 1.165) is 12.0 Å². The fourth-order valence-electron chi connectivity index (χ4n) is 1.29. The number of thiazole rings is 1. The van der Waals surface area contributed by atoms with Gasteiger partial charge in [0, 0.05) is 35.9 Å². The highest BCUT2D eigenvalue weighted by Gasteiger charge is 2.07. The molecule has 0 aliphatic carbocycles. The summed E-state index contributed by atoms with van der Waals surface area (Å²) in [4.78, 5) is 9.20. The van der Waals surface area contributed by atoms with E-state index in [9.17, 15) is 0 Å². The van der Waals surface area contributed by atoms with Gasteiger partial charge in [0.25, 0.3) is 0 Å². The zero-order valence-electron chi connectivity index (χ0n) is 7.63. The van der Waals surface area contributed by atoms with E-state index < -0.39 is 0 Å². The predicted molar refractivity (Wildman–Crippen MR) is 57.0 cm³/mol. The van der Waals surface area contributed by atoms with Gasteiger partial charge in [-0.05, 0) is 17.7 Å². The van der Waals surface area contributed by atoms with Crippen LogP contribution in [-0.4, -0.2) is 9.97 Å². The SMILES string of the molecule is NC(Cc1cncs1)c1ccncc1. The molecule has 1 unspecified atom stereocenters. The van der Waals surface area contributed by atoms with Crippen LogP contribution in [0.1, 0.15) is 16.5 Å². The minimum absolute atomic E-state index is 0.0402. The molecule has 0 saturated carbocycles. The van der Waals surface area contributed by atoms with Crippen molar-refractivity contribution in [2.45, 2.75) is 12.5 Å². The van der Waals surface area contributed by atoms with E-state index in [1.54, 1.807) is 23.7 Å². The molecule has 0 aliphatic rings. The number of nitrogens with two attached hydrogens (primary N) is 1. The maximum absolute atomic E-state index is 6.04. The van der Waals surface area contributed by atoms with Crippen LogP contribution in [0, 0.1) is 0 Å². The average molecular weight is 205 g/mol. The molecule has 0 fully saturated rings. The maximum Gasteiger partial charge on any atom is 0.0794 e. The van der Waals surface area contributed by atoms with Crippen LogP contribution in [0.5, 0.6) is 0 Å². The summed E-state index contributed by atoms with van der Waals surface area (Å²) in [5.74, 6) is 0. The van der Waals surface area contributed by atoms with E-state index >= 15 is 0 Å². The predicted octanol–water partition coefficient (Wildman–Crippen LogP) is 1.78. The molecule has 0 radical (unpaired) electrons. The Bertz CT molecular complexity index is 372. The molecule has 1 atom stereocenters. The molecule has 0 spiro atoms. The van der Waals surface area contributed by atoms with Gasteiger partial charge < -0.3 is 5.73 Å². The van der Waals surface area contributed by atoms with E-state index in [4.69, 9.17) is 5.73 Å². The van der Waals surface area contributed by atoms with Gasteiger partial charge in [-0.1, -0.05) is 0 Å². The molecule has 0 saturated heterocycles. The van der Waals surface area contributed by atoms with E-state index in [2.05, 4.69) is 9.97 Å². The second-order valence-electron chi connectivity index (χ2n) is 3.06. The standard InChI is InChI=1S/C10H11N3S/c11-10(5-9-6-13-7-14-9)8-1-3-12-4-2-8/h1-4,6-7,10H,5,11H2. The van der Waals surface area contributed by atoms with E-state index in [1.807, 2.05) is 23.8 Å². The summed E-state index contributed by atoms with van der Waals surface area (Å²) >= 11 is 1.64. The Labute approximate surface area is 86.6 Å². The molecule has 0 aliphatic heterocycles. The molecule has 2 heterocycles. The summed E-state index contributed by atoms with van der Waals surface area (Å²) in [5, 5.41) is 0. The molecule has 2 aromatic heterocycles. The first-order valence-electron chi connectivity index (χ1n) is 4.39. The van der Waals surface area contributed by atoms with Gasteiger partial charge in [-0.25, -0.2) is 0 Å². The van der Waals surface area contributed by atoms with Gasteiger partial charge in [0.05, 0.1) is 5.51 Å². The quantitative estimate of drug-likeness (QED) is 0.831. The van der Waals surface area contributed by atoms with Crippen LogP contribution < -0.4 is 5.73 Å². The summed E-state index contributed by atoms with van der Waals surface area (Å²) in [6.07, 6.45) is 6.24. The first kappa shape index (κ1) is 9.30. The normalized spacial score (nSPS) is 12.6. The van der Waals surface area contributed by atoms with Gasteiger partial charge in [0.15, 0.2) is 0 Å². The molecule has 3 nitrogen and oxygen atoms in total. The summed E-state index contributed by atoms with van der Waals surface area (Å²) in [5.41, 5.74) is 8.98. The largest absolute Gasteiger partial charge is 0.324 e. The van der Waals surface area contributed by atoms with Gasteiger partial charge in [-0.2, -0.15) is 0 Å². The van der Waals surface area contributed by atoms with E-state index in [0.29, 0.717) is 0 Å². The average Bonchev–Trinajstić information content (AvgIpc) is 2.72. The lowest BCUT2D eigenvalue weighted by Crippen LogP contribution is -2.12. The number of rotatable bonds is 3. The lowest BCUT2D eigenvalue weighted by atomic mass is 10.1. The van der Waals surface area contributed by atoms with Gasteiger partial charge in [0.1, 0.15) is 0 Å². The monoisotopic (exact) mass is 205 g/mol. The number of pyridine rings is 1. The highest BCUT2D eigenvalue weighted by molar-refractivity contribution is 7.09. The zero-order valence-corrected chi connectivity index (χ0v) is 8.45. The molecule has 2 rings (SSSR count). The molecule has 0 amide bonds. The summed E-state index contributed by atoms with van der Waals surface area (Å²) in [6.45, 7) is 0. The summed E-state index contributed by atoms with van der Waals surface area (Å²) in [7, 11) is 0. The zero-order chi connectivity index (χ0) is 9.80. The van der Waals surface area contributed by atoms with Crippen molar-refractivity contribution in [2.24, 2.45) is 5.73 Å². The number of hydrogen-bond donors (Lipinski definition) is 1. The first-order chi connectivity index (χ1) is 6.86. The Balaban J connectivity index is 2.07. The minimum atomic E-state index is 0.0402. The third-order valence-electron chi connectivity index (χ3n) is 2.04. The van der Waals surface area contributed by atoms with Crippen molar-refractivity contribution < 1.29 is 0 Å². The Morgan fingerprint density at radius 1 is 1.29 bits per heavy atom. The van der Waals surface area contributed by atoms with Crippen molar-refractivity contribution in [3.63, 3.8) is 0 Å². The van der Waals surface area contributed by atoms with Crippen LogP contribution >= 0.6 is 11.3 Å². The van der Waals surface area contributed by atoms with Crippen LogP contribution in [0.3, 0.4) is 0 Å². The molecule has 0 aromatic carbocycles.